The minimum atomic E-state index is 0.950. The maximum Gasteiger partial charge on any atom is 0.110 e. The molecule has 92 valence electrons. The predicted molar refractivity (Wildman–Crippen MR) is 68.7 cm³/mol. The first-order chi connectivity index (χ1) is 8.29. The SMILES string of the molecule is CCNCc1ccn(CCc2nccn2C)c1. The molecule has 0 aromatic carbocycles. The van der Waals surface area contributed by atoms with E-state index in [1.165, 1.54) is 5.56 Å². The van der Waals surface area contributed by atoms with E-state index in [0.717, 1.165) is 31.9 Å². The van der Waals surface area contributed by atoms with Gasteiger partial charge in [-0.15, -0.1) is 0 Å². The van der Waals surface area contributed by atoms with E-state index in [9.17, 15) is 0 Å². The summed E-state index contributed by atoms with van der Waals surface area (Å²) in [6.45, 7) is 5.07. The minimum absolute atomic E-state index is 0.950. The second-order valence-electron chi connectivity index (χ2n) is 4.24. The first kappa shape index (κ1) is 11.9. The smallest absolute Gasteiger partial charge is 0.110 e. The lowest BCUT2D eigenvalue weighted by Crippen LogP contribution is -2.11. The Labute approximate surface area is 102 Å². The molecule has 2 heterocycles. The molecule has 0 saturated heterocycles. The monoisotopic (exact) mass is 232 g/mol. The number of nitrogens with zero attached hydrogens (tertiary/aromatic N) is 3. The van der Waals surface area contributed by atoms with Gasteiger partial charge in [0.2, 0.25) is 0 Å². The van der Waals surface area contributed by atoms with Gasteiger partial charge in [0, 0.05) is 51.3 Å². The molecule has 4 nitrogen and oxygen atoms in total. The van der Waals surface area contributed by atoms with E-state index in [4.69, 9.17) is 0 Å². The van der Waals surface area contributed by atoms with Crippen molar-refractivity contribution in [1.29, 1.82) is 0 Å². The molecule has 0 unspecified atom stereocenters. The highest BCUT2D eigenvalue weighted by Crippen LogP contribution is 2.03. The molecule has 0 atom stereocenters. The number of rotatable bonds is 6. The molecule has 1 N–H and O–H groups in total. The summed E-state index contributed by atoms with van der Waals surface area (Å²) in [5.74, 6) is 1.13. The van der Waals surface area contributed by atoms with E-state index in [0.29, 0.717) is 0 Å². The Kier molecular flexibility index (Phi) is 3.98. The van der Waals surface area contributed by atoms with Gasteiger partial charge in [-0.05, 0) is 18.2 Å². The van der Waals surface area contributed by atoms with Crippen LogP contribution < -0.4 is 5.32 Å². The van der Waals surface area contributed by atoms with Crippen molar-refractivity contribution in [2.45, 2.75) is 26.4 Å². The zero-order valence-electron chi connectivity index (χ0n) is 10.6. The van der Waals surface area contributed by atoms with Crippen molar-refractivity contribution < 1.29 is 0 Å². The maximum absolute atomic E-state index is 4.32. The topological polar surface area (TPSA) is 34.8 Å². The zero-order valence-corrected chi connectivity index (χ0v) is 10.6. The summed E-state index contributed by atoms with van der Waals surface area (Å²) in [4.78, 5) is 4.32. The van der Waals surface area contributed by atoms with Crippen LogP contribution in [0.15, 0.2) is 30.9 Å². The predicted octanol–water partition coefficient (Wildman–Crippen LogP) is 1.57. The van der Waals surface area contributed by atoms with Crippen LogP contribution in [0.5, 0.6) is 0 Å². The van der Waals surface area contributed by atoms with Gasteiger partial charge in [0.1, 0.15) is 5.82 Å². The lowest BCUT2D eigenvalue weighted by atomic mass is 10.3. The number of nitrogens with one attached hydrogen (secondary N) is 1. The molecular formula is C13H20N4. The molecule has 0 saturated carbocycles. The van der Waals surface area contributed by atoms with Gasteiger partial charge >= 0.3 is 0 Å². The fraction of sp³-hybridized carbons (Fsp3) is 0.462. The molecule has 0 amide bonds. The molecular weight excluding hydrogens is 212 g/mol. The van der Waals surface area contributed by atoms with Crippen LogP contribution in [0.2, 0.25) is 0 Å². The molecule has 0 fully saturated rings. The molecule has 2 rings (SSSR count). The Bertz CT molecular complexity index is 455. The third-order valence-corrected chi connectivity index (χ3v) is 2.91. The maximum atomic E-state index is 4.32. The quantitative estimate of drug-likeness (QED) is 0.820. The summed E-state index contributed by atoms with van der Waals surface area (Å²) in [6, 6.07) is 2.17. The molecule has 0 bridgehead atoms. The second kappa shape index (κ2) is 5.68. The summed E-state index contributed by atoms with van der Waals surface area (Å²) < 4.78 is 4.30. The number of hydrogen-bond donors (Lipinski definition) is 1. The first-order valence-electron chi connectivity index (χ1n) is 6.11. The summed E-state index contributed by atoms with van der Waals surface area (Å²) in [5, 5.41) is 3.33. The van der Waals surface area contributed by atoms with E-state index in [-0.39, 0.29) is 0 Å². The molecule has 0 spiro atoms. The minimum Gasteiger partial charge on any atom is -0.353 e. The van der Waals surface area contributed by atoms with Crippen LogP contribution in [0.1, 0.15) is 18.3 Å². The molecule has 0 radical (unpaired) electrons. The van der Waals surface area contributed by atoms with Crippen LogP contribution in [-0.2, 0) is 26.6 Å². The fourth-order valence-corrected chi connectivity index (χ4v) is 1.87. The van der Waals surface area contributed by atoms with Gasteiger partial charge in [0.15, 0.2) is 0 Å². The lowest BCUT2D eigenvalue weighted by molar-refractivity contribution is 0.649. The Morgan fingerprint density at radius 3 is 2.94 bits per heavy atom. The molecule has 4 heteroatoms. The van der Waals surface area contributed by atoms with Crippen molar-refractivity contribution in [2.75, 3.05) is 6.54 Å². The summed E-state index contributed by atoms with van der Waals surface area (Å²) in [6.07, 6.45) is 9.14. The van der Waals surface area contributed by atoms with Crippen LogP contribution in [-0.4, -0.2) is 20.7 Å². The molecule has 0 aliphatic heterocycles. The Morgan fingerprint density at radius 2 is 2.24 bits per heavy atom. The van der Waals surface area contributed by atoms with Crippen molar-refractivity contribution in [3.05, 3.63) is 42.2 Å². The highest BCUT2D eigenvalue weighted by molar-refractivity contribution is 5.10. The molecule has 0 aliphatic carbocycles. The fourth-order valence-electron chi connectivity index (χ4n) is 1.87. The zero-order chi connectivity index (χ0) is 12.1. The van der Waals surface area contributed by atoms with E-state index in [1.54, 1.807) is 0 Å². The van der Waals surface area contributed by atoms with Gasteiger partial charge in [0.05, 0.1) is 0 Å². The van der Waals surface area contributed by atoms with E-state index in [1.807, 2.05) is 19.4 Å². The molecule has 2 aromatic heterocycles. The largest absolute Gasteiger partial charge is 0.353 e. The van der Waals surface area contributed by atoms with Gasteiger partial charge in [0.25, 0.3) is 0 Å². The van der Waals surface area contributed by atoms with E-state index >= 15 is 0 Å². The number of aromatic nitrogens is 3. The number of hydrogen-bond acceptors (Lipinski definition) is 2. The molecule has 2 aromatic rings. The standard InChI is InChI=1S/C13H20N4/c1-3-14-10-12-4-7-17(11-12)8-5-13-15-6-9-16(13)2/h4,6-7,9,11,14H,3,5,8,10H2,1-2H3. The van der Waals surface area contributed by atoms with Crippen LogP contribution >= 0.6 is 0 Å². The van der Waals surface area contributed by atoms with Crippen molar-refractivity contribution in [3.63, 3.8) is 0 Å². The van der Waals surface area contributed by atoms with Gasteiger partial charge in [-0.1, -0.05) is 6.92 Å². The average Bonchev–Trinajstić information content (AvgIpc) is 2.93. The van der Waals surface area contributed by atoms with Crippen LogP contribution in [0.25, 0.3) is 0 Å². The van der Waals surface area contributed by atoms with Gasteiger partial charge in [-0.2, -0.15) is 0 Å². The van der Waals surface area contributed by atoms with Crippen molar-refractivity contribution in [1.82, 2.24) is 19.4 Å². The van der Waals surface area contributed by atoms with Crippen LogP contribution in [0.3, 0.4) is 0 Å². The van der Waals surface area contributed by atoms with Crippen molar-refractivity contribution >= 4 is 0 Å². The van der Waals surface area contributed by atoms with Gasteiger partial charge < -0.3 is 14.5 Å². The van der Waals surface area contributed by atoms with Gasteiger partial charge in [-0.25, -0.2) is 4.98 Å². The molecule has 0 aliphatic rings. The Morgan fingerprint density at radius 1 is 1.35 bits per heavy atom. The highest BCUT2D eigenvalue weighted by Gasteiger charge is 2.00. The lowest BCUT2D eigenvalue weighted by Gasteiger charge is -2.03. The van der Waals surface area contributed by atoms with Crippen molar-refractivity contribution in [3.8, 4) is 0 Å². The first-order valence-corrected chi connectivity index (χ1v) is 6.11. The van der Waals surface area contributed by atoms with Crippen LogP contribution in [0, 0.1) is 0 Å². The number of aryl methyl sites for hydroxylation is 3. The number of imidazole rings is 1. The second-order valence-corrected chi connectivity index (χ2v) is 4.24. The third kappa shape index (κ3) is 3.20. The summed E-state index contributed by atoms with van der Waals surface area (Å²) in [7, 11) is 2.04. The van der Waals surface area contributed by atoms with E-state index in [2.05, 4.69) is 44.8 Å². The normalized spacial score (nSPS) is 10.9. The van der Waals surface area contributed by atoms with E-state index < -0.39 is 0 Å². The summed E-state index contributed by atoms with van der Waals surface area (Å²) in [5.41, 5.74) is 1.34. The summed E-state index contributed by atoms with van der Waals surface area (Å²) >= 11 is 0. The average molecular weight is 232 g/mol. The van der Waals surface area contributed by atoms with Gasteiger partial charge in [-0.3, -0.25) is 0 Å². The third-order valence-electron chi connectivity index (χ3n) is 2.91. The molecule has 17 heavy (non-hydrogen) atoms. The van der Waals surface area contributed by atoms with Crippen molar-refractivity contribution in [2.24, 2.45) is 7.05 Å². The Balaban J connectivity index is 1.87. The van der Waals surface area contributed by atoms with Crippen LogP contribution in [0.4, 0.5) is 0 Å². The Hall–Kier alpha value is -1.55. The highest BCUT2D eigenvalue weighted by atomic mass is 15.0.